The lowest BCUT2D eigenvalue weighted by molar-refractivity contribution is -0.147. The number of ether oxygens (including phenoxy) is 2. The predicted molar refractivity (Wildman–Crippen MR) is 238 cm³/mol. The number of rotatable bonds is 13. The van der Waals surface area contributed by atoms with E-state index in [2.05, 4.69) is 21.6 Å². The van der Waals surface area contributed by atoms with Gasteiger partial charge in [0.1, 0.15) is 47.1 Å². The Hall–Kier alpha value is -3.46. The molecule has 6 N–H and O–H groups in total. The third kappa shape index (κ3) is 11.0. The maximum Gasteiger partial charge on any atom is 0.278 e. The third-order valence-corrected chi connectivity index (χ3v) is 11.7. The van der Waals surface area contributed by atoms with Gasteiger partial charge in [-0.2, -0.15) is 0 Å². The molecule has 3 aliphatic heterocycles. The smallest absolute Gasteiger partial charge is 0.278 e. The molecular weight excluding hydrogens is 1080 g/mol. The van der Waals surface area contributed by atoms with Crippen molar-refractivity contribution in [1.29, 1.82) is 0 Å². The second kappa shape index (κ2) is 20.4. The Labute approximate surface area is 384 Å². The minimum absolute atomic E-state index is 0.0197. The molecule has 1 fully saturated rings. The first-order valence-corrected chi connectivity index (χ1v) is 21.7. The van der Waals surface area contributed by atoms with Gasteiger partial charge in [-0.05, 0) is 121 Å². The number of carbonyl (C=O) groups is 2. The number of fused-ring (bicyclic) bond motifs is 2. The van der Waals surface area contributed by atoms with Gasteiger partial charge in [-0.3, -0.25) is 28.9 Å². The van der Waals surface area contributed by atoms with Crippen LogP contribution in [0.2, 0.25) is 10.0 Å². The fraction of sp³-hybridized carbons (Fsp3) is 0.385. The molecule has 2 unspecified atom stereocenters. The summed E-state index contributed by atoms with van der Waals surface area (Å²) in [4.78, 5) is 61.5. The highest BCUT2D eigenvalue weighted by Crippen LogP contribution is 2.35. The van der Waals surface area contributed by atoms with Crippen LogP contribution in [-0.2, 0) is 45.1 Å². The summed E-state index contributed by atoms with van der Waals surface area (Å²) in [5.41, 5.74) is 5.04. The van der Waals surface area contributed by atoms with Gasteiger partial charge in [0.2, 0.25) is 0 Å². The second-order valence-electron chi connectivity index (χ2n) is 14.4. The first-order valence-electron chi connectivity index (χ1n) is 18.8. The van der Waals surface area contributed by atoms with E-state index in [-0.39, 0.29) is 63.2 Å². The van der Waals surface area contributed by atoms with E-state index in [1.807, 2.05) is 45.2 Å². The molecule has 2 amide bonds. The normalized spacial score (nSPS) is 16.6. The number of halogens is 6. The number of benzene rings is 2. The number of nitrogens with zero attached hydrogens (tertiary/aromatic N) is 2. The zero-order valence-corrected chi connectivity index (χ0v) is 38.3. The Morgan fingerprint density at radius 3 is 1.77 bits per heavy atom. The van der Waals surface area contributed by atoms with Gasteiger partial charge in [0.05, 0.1) is 47.1 Å². The van der Waals surface area contributed by atoms with Crippen molar-refractivity contribution in [2.24, 2.45) is 0 Å². The Bertz CT molecular complexity index is 2460. The highest BCUT2D eigenvalue weighted by molar-refractivity contribution is 14.1. The number of aliphatic hydroxyl groups is 2. The average molecular weight is 1120 g/mol. The Morgan fingerprint density at radius 2 is 1.34 bits per heavy atom. The summed E-state index contributed by atoms with van der Waals surface area (Å²) >= 11 is 16.6. The Morgan fingerprint density at radius 1 is 0.869 bits per heavy atom. The van der Waals surface area contributed by atoms with Crippen molar-refractivity contribution < 1.29 is 47.7 Å². The number of anilines is 4. The fourth-order valence-corrected chi connectivity index (χ4v) is 8.25. The third-order valence-electron chi connectivity index (χ3n) is 9.61. The number of nitrogens with one attached hydrogen (secondary N) is 4. The molecule has 0 bridgehead atoms. The SMILES string of the molecule is CC1(C)OCC(CONC(=O)c2c(Nc3ccc(I)cc3F)c(Cl)c(=O)n3c2CCC3)O1.O=C(NOCC(O)CO)c1c(Nc2ccc(I)cc2F)c(Cl)c(=O)n2c1CCC2. The van der Waals surface area contributed by atoms with Gasteiger partial charge >= 0.3 is 0 Å². The molecule has 328 valence electrons. The van der Waals surface area contributed by atoms with E-state index in [1.54, 1.807) is 26.0 Å². The van der Waals surface area contributed by atoms with Crippen LogP contribution in [0.5, 0.6) is 0 Å². The maximum atomic E-state index is 14.5. The monoisotopic (exact) mass is 1110 g/mol. The van der Waals surface area contributed by atoms with E-state index in [4.69, 9.17) is 47.5 Å². The second-order valence-corrected chi connectivity index (χ2v) is 17.7. The number of hydroxylamine groups is 2. The van der Waals surface area contributed by atoms with Crippen molar-refractivity contribution in [2.45, 2.75) is 70.6 Å². The standard InChI is InChI=1S/C21H22ClFIN3O5.C18H18ClFIN3O5/c1-21(2)30-9-12(32-21)10-31-26-19(28)16-15-4-3-7-27(15)20(29)17(22)18(16)25-14-6-5-11(24)8-13(14)23;19-15-16(22-12-4-3-9(21)6-11(12)20)14(13-2-1-5-24(13)18(15)28)17(27)23-29-8-10(26)7-25/h5-6,8,12,25H,3-4,7,9-10H2,1-2H3,(H,26,28);3-4,6,10,22,25-26H,1-2,5,7-8H2,(H,23,27). The predicted octanol–water partition coefficient (Wildman–Crippen LogP) is 5.70. The van der Waals surface area contributed by atoms with Crippen LogP contribution in [0.1, 0.15) is 58.8 Å². The number of aliphatic hydroxyl groups excluding tert-OH is 2. The Balaban J connectivity index is 0.000000205. The molecule has 0 saturated carbocycles. The van der Waals surface area contributed by atoms with Gasteiger partial charge in [-0.1, -0.05) is 23.2 Å². The molecular formula is C39H40Cl2F2I2N6O10. The van der Waals surface area contributed by atoms with Crippen molar-refractivity contribution >= 4 is 103 Å². The van der Waals surface area contributed by atoms with E-state index in [9.17, 15) is 33.1 Å². The zero-order valence-electron chi connectivity index (χ0n) is 32.5. The van der Waals surface area contributed by atoms with Crippen LogP contribution in [0.25, 0.3) is 0 Å². The first-order chi connectivity index (χ1) is 29.0. The number of hydrogen-bond acceptors (Lipinski definition) is 12. The van der Waals surface area contributed by atoms with Crippen LogP contribution in [0.15, 0.2) is 46.0 Å². The minimum Gasteiger partial charge on any atom is -0.394 e. The lowest BCUT2D eigenvalue weighted by Gasteiger charge is -2.19. The molecule has 4 aromatic rings. The van der Waals surface area contributed by atoms with Crippen LogP contribution in [0.4, 0.5) is 31.5 Å². The van der Waals surface area contributed by atoms with Crippen LogP contribution >= 0.6 is 68.4 Å². The van der Waals surface area contributed by atoms with Gasteiger partial charge in [0.15, 0.2) is 5.79 Å². The summed E-state index contributed by atoms with van der Waals surface area (Å²) in [6.45, 7) is 4.00. The molecule has 22 heteroatoms. The van der Waals surface area contributed by atoms with E-state index in [0.717, 1.165) is 0 Å². The quantitative estimate of drug-likeness (QED) is 0.0706. The fourth-order valence-electron chi connectivity index (χ4n) is 6.85. The lowest BCUT2D eigenvalue weighted by Crippen LogP contribution is -2.33. The molecule has 2 aromatic carbocycles. The number of pyridine rings is 2. The molecule has 3 aliphatic rings. The highest BCUT2D eigenvalue weighted by Gasteiger charge is 2.34. The molecule has 16 nitrogen and oxygen atoms in total. The van der Waals surface area contributed by atoms with Crippen molar-refractivity contribution in [1.82, 2.24) is 20.1 Å². The summed E-state index contributed by atoms with van der Waals surface area (Å²) in [5.74, 6) is -3.11. The van der Waals surface area contributed by atoms with Crippen molar-refractivity contribution in [3.8, 4) is 0 Å². The maximum absolute atomic E-state index is 14.5. The summed E-state index contributed by atoms with van der Waals surface area (Å²) in [6, 6.07) is 9.01. The van der Waals surface area contributed by atoms with Gasteiger partial charge in [0, 0.05) is 31.6 Å². The molecule has 1 saturated heterocycles. The molecule has 0 aliphatic carbocycles. The van der Waals surface area contributed by atoms with E-state index < -0.39 is 53.1 Å². The summed E-state index contributed by atoms with van der Waals surface area (Å²) in [5, 5.41) is 23.3. The Kier molecular flexibility index (Phi) is 15.7. The summed E-state index contributed by atoms with van der Waals surface area (Å²) < 4.78 is 44.2. The number of amides is 2. The molecule has 61 heavy (non-hydrogen) atoms. The van der Waals surface area contributed by atoms with Crippen LogP contribution in [0, 0.1) is 18.8 Å². The highest BCUT2D eigenvalue weighted by atomic mass is 127. The van der Waals surface area contributed by atoms with Crippen LogP contribution in [0.3, 0.4) is 0 Å². The number of hydrogen-bond donors (Lipinski definition) is 6. The van der Waals surface area contributed by atoms with Crippen molar-refractivity contribution in [2.75, 3.05) is 37.1 Å². The van der Waals surface area contributed by atoms with E-state index in [1.165, 1.54) is 33.4 Å². The van der Waals surface area contributed by atoms with Gasteiger partial charge in [-0.15, -0.1) is 0 Å². The molecule has 0 spiro atoms. The summed E-state index contributed by atoms with van der Waals surface area (Å²) in [7, 11) is 0. The van der Waals surface area contributed by atoms with Crippen LogP contribution in [-0.4, -0.2) is 75.6 Å². The minimum atomic E-state index is -1.17. The molecule has 2 atom stereocenters. The summed E-state index contributed by atoms with van der Waals surface area (Å²) in [6.07, 6.45) is 0.802. The molecule has 0 radical (unpaired) electrons. The number of carbonyl (C=O) groups excluding carboxylic acids is 2. The zero-order chi connectivity index (χ0) is 44.2. The first kappa shape index (κ1) is 47.0. The van der Waals surface area contributed by atoms with Crippen molar-refractivity contribution in [3.63, 3.8) is 0 Å². The topological polar surface area (TPSA) is 204 Å². The molecule has 2 aromatic heterocycles. The van der Waals surface area contributed by atoms with E-state index >= 15 is 0 Å². The average Bonchev–Trinajstić information content (AvgIpc) is 3.98. The van der Waals surface area contributed by atoms with Gasteiger partial charge in [0.25, 0.3) is 22.9 Å². The molecule has 7 rings (SSSR count). The number of aromatic nitrogens is 2. The van der Waals surface area contributed by atoms with Gasteiger partial charge in [-0.25, -0.2) is 19.7 Å². The largest absolute Gasteiger partial charge is 0.394 e. The van der Waals surface area contributed by atoms with Crippen LogP contribution < -0.4 is 32.7 Å². The molecule has 5 heterocycles. The lowest BCUT2D eigenvalue weighted by atomic mass is 10.1. The van der Waals surface area contributed by atoms with Gasteiger partial charge < -0.3 is 39.5 Å². The van der Waals surface area contributed by atoms with Crippen molar-refractivity contribution in [3.05, 3.63) is 108 Å². The van der Waals surface area contributed by atoms with E-state index in [0.29, 0.717) is 63.9 Å².